The lowest BCUT2D eigenvalue weighted by molar-refractivity contribution is -0.119. The normalized spacial score (nSPS) is 11.4. The first-order valence-electron chi connectivity index (χ1n) is 9.45. The van der Waals surface area contributed by atoms with E-state index < -0.39 is 0 Å². The molecule has 0 saturated carbocycles. The number of aromatic nitrogens is 1. The zero-order valence-electron chi connectivity index (χ0n) is 16.4. The number of carbonyl (C=O) groups excluding carboxylic acids is 1. The number of aliphatic imine (C=N–C) groups is 1. The van der Waals surface area contributed by atoms with Gasteiger partial charge in [0.05, 0.1) is 12.5 Å². The minimum absolute atomic E-state index is 0.0260. The molecule has 0 spiro atoms. The molecule has 4 rings (SSSR count). The molecule has 2 aromatic heterocycles. The van der Waals surface area contributed by atoms with Crippen molar-refractivity contribution in [2.45, 2.75) is 13.8 Å². The second-order valence-corrected chi connectivity index (χ2v) is 7.09. The van der Waals surface area contributed by atoms with Crippen molar-refractivity contribution < 1.29 is 13.9 Å². The van der Waals surface area contributed by atoms with E-state index in [0.717, 1.165) is 38.7 Å². The average molecular weight is 386 g/mol. The van der Waals surface area contributed by atoms with E-state index in [-0.39, 0.29) is 18.9 Å². The molecule has 2 aromatic carbocycles. The van der Waals surface area contributed by atoms with Crippen molar-refractivity contribution in [3.8, 4) is 16.9 Å². The SMILES string of the molecule is Cc1cc(C)c(OCC(=O)CN=Cc2ccc3cc[nH]c3c2)c(-c2ccoc2)c1. The lowest BCUT2D eigenvalue weighted by Gasteiger charge is -2.14. The Morgan fingerprint density at radius 2 is 2.07 bits per heavy atom. The molecule has 0 saturated heterocycles. The van der Waals surface area contributed by atoms with Gasteiger partial charge in [0.25, 0.3) is 0 Å². The fourth-order valence-corrected chi connectivity index (χ4v) is 3.38. The number of furan rings is 1. The molecular formula is C24H22N2O3. The fraction of sp³-hybridized carbons (Fsp3) is 0.167. The lowest BCUT2D eigenvalue weighted by atomic mass is 10.0. The smallest absolute Gasteiger partial charge is 0.191 e. The molecule has 5 nitrogen and oxygen atoms in total. The number of Topliss-reactive ketones (excluding diaryl/α,β-unsaturated/α-hetero) is 1. The molecule has 0 fully saturated rings. The second-order valence-electron chi connectivity index (χ2n) is 7.09. The van der Waals surface area contributed by atoms with Gasteiger partial charge in [0.15, 0.2) is 5.78 Å². The number of H-pyrrole nitrogens is 1. The molecule has 0 radical (unpaired) electrons. The van der Waals surface area contributed by atoms with Gasteiger partial charge in [-0.3, -0.25) is 9.79 Å². The molecule has 5 heteroatoms. The summed E-state index contributed by atoms with van der Waals surface area (Å²) in [6.45, 7) is 4.06. The summed E-state index contributed by atoms with van der Waals surface area (Å²) in [7, 11) is 0. The Labute approximate surface area is 169 Å². The van der Waals surface area contributed by atoms with Crippen LogP contribution in [0.2, 0.25) is 0 Å². The Bertz CT molecular complexity index is 1170. The van der Waals surface area contributed by atoms with E-state index in [1.165, 1.54) is 0 Å². The van der Waals surface area contributed by atoms with Crippen molar-refractivity contribution >= 4 is 22.9 Å². The zero-order chi connectivity index (χ0) is 20.2. The van der Waals surface area contributed by atoms with Crippen LogP contribution in [0.4, 0.5) is 0 Å². The number of ketones is 1. The van der Waals surface area contributed by atoms with Gasteiger partial charge in [-0.05, 0) is 60.2 Å². The van der Waals surface area contributed by atoms with Gasteiger partial charge in [-0.15, -0.1) is 0 Å². The molecule has 0 bridgehead atoms. The summed E-state index contributed by atoms with van der Waals surface area (Å²) in [5, 5.41) is 1.15. The van der Waals surface area contributed by atoms with Crippen molar-refractivity contribution in [3.05, 3.63) is 77.9 Å². The van der Waals surface area contributed by atoms with Crippen LogP contribution in [0.3, 0.4) is 0 Å². The highest BCUT2D eigenvalue weighted by atomic mass is 16.5. The Kier molecular flexibility index (Phi) is 5.29. The van der Waals surface area contributed by atoms with Crippen LogP contribution in [-0.2, 0) is 4.79 Å². The summed E-state index contributed by atoms with van der Waals surface area (Å²) in [5.74, 6) is 0.617. The third-order valence-electron chi connectivity index (χ3n) is 4.72. The van der Waals surface area contributed by atoms with Crippen molar-refractivity contribution in [2.24, 2.45) is 4.99 Å². The van der Waals surface area contributed by atoms with Crippen molar-refractivity contribution in [1.82, 2.24) is 4.98 Å². The third-order valence-corrected chi connectivity index (χ3v) is 4.72. The van der Waals surface area contributed by atoms with Gasteiger partial charge in [0.2, 0.25) is 0 Å². The van der Waals surface area contributed by atoms with E-state index in [9.17, 15) is 4.79 Å². The fourth-order valence-electron chi connectivity index (χ4n) is 3.38. The monoisotopic (exact) mass is 386 g/mol. The van der Waals surface area contributed by atoms with Crippen molar-refractivity contribution in [1.29, 1.82) is 0 Å². The van der Waals surface area contributed by atoms with Crippen LogP contribution in [-0.4, -0.2) is 30.1 Å². The van der Waals surface area contributed by atoms with E-state index in [0.29, 0.717) is 5.75 Å². The summed E-state index contributed by atoms with van der Waals surface area (Å²) in [6.07, 6.45) is 6.92. The lowest BCUT2D eigenvalue weighted by Crippen LogP contribution is -2.15. The highest BCUT2D eigenvalue weighted by Crippen LogP contribution is 2.34. The van der Waals surface area contributed by atoms with Gasteiger partial charge in [-0.25, -0.2) is 0 Å². The summed E-state index contributed by atoms with van der Waals surface area (Å²) in [6, 6.07) is 14.0. The van der Waals surface area contributed by atoms with Crippen LogP contribution in [0.5, 0.6) is 5.75 Å². The first kappa shape index (κ1) is 18.7. The number of hydrogen-bond donors (Lipinski definition) is 1. The predicted octanol–water partition coefficient (Wildman–Crippen LogP) is 5.11. The number of nitrogens with zero attached hydrogens (tertiary/aromatic N) is 1. The Balaban J connectivity index is 1.41. The van der Waals surface area contributed by atoms with Crippen molar-refractivity contribution in [2.75, 3.05) is 13.2 Å². The van der Waals surface area contributed by atoms with E-state index >= 15 is 0 Å². The van der Waals surface area contributed by atoms with Gasteiger partial charge >= 0.3 is 0 Å². The summed E-state index contributed by atoms with van der Waals surface area (Å²) in [5.41, 5.74) is 5.96. The van der Waals surface area contributed by atoms with Crippen LogP contribution >= 0.6 is 0 Å². The number of carbonyl (C=O) groups is 1. The molecule has 0 unspecified atom stereocenters. The minimum atomic E-state index is -0.0830. The highest BCUT2D eigenvalue weighted by molar-refractivity contribution is 5.90. The second kappa shape index (κ2) is 8.19. The number of rotatable bonds is 7. The highest BCUT2D eigenvalue weighted by Gasteiger charge is 2.13. The summed E-state index contributed by atoms with van der Waals surface area (Å²) in [4.78, 5) is 19.7. The van der Waals surface area contributed by atoms with Gasteiger partial charge in [0.1, 0.15) is 18.9 Å². The van der Waals surface area contributed by atoms with E-state index in [2.05, 4.69) is 9.98 Å². The molecular weight excluding hydrogens is 364 g/mol. The minimum Gasteiger partial charge on any atom is -0.485 e. The molecule has 0 aliphatic carbocycles. The largest absolute Gasteiger partial charge is 0.485 e. The molecule has 29 heavy (non-hydrogen) atoms. The van der Waals surface area contributed by atoms with Crippen LogP contribution in [0.15, 0.2) is 70.6 Å². The topological polar surface area (TPSA) is 67.6 Å². The van der Waals surface area contributed by atoms with Gasteiger partial charge in [-0.2, -0.15) is 0 Å². The Hall–Kier alpha value is -3.60. The number of aryl methyl sites for hydroxylation is 2. The van der Waals surface area contributed by atoms with Crippen LogP contribution in [0.1, 0.15) is 16.7 Å². The van der Waals surface area contributed by atoms with Crippen LogP contribution < -0.4 is 4.74 Å². The molecule has 0 aliphatic heterocycles. The molecule has 0 aliphatic rings. The number of fused-ring (bicyclic) bond motifs is 1. The molecule has 4 aromatic rings. The van der Waals surface area contributed by atoms with Gasteiger partial charge in [-0.1, -0.05) is 18.2 Å². The van der Waals surface area contributed by atoms with Crippen LogP contribution in [0.25, 0.3) is 22.0 Å². The predicted molar refractivity (Wildman–Crippen MR) is 115 cm³/mol. The third kappa shape index (κ3) is 4.29. The molecule has 2 heterocycles. The molecule has 1 N–H and O–H groups in total. The van der Waals surface area contributed by atoms with E-state index in [1.807, 2.05) is 62.5 Å². The number of hydrogen-bond acceptors (Lipinski definition) is 4. The Morgan fingerprint density at radius 3 is 2.90 bits per heavy atom. The van der Waals surface area contributed by atoms with E-state index in [4.69, 9.17) is 9.15 Å². The molecule has 0 amide bonds. The first-order chi connectivity index (χ1) is 14.1. The van der Waals surface area contributed by atoms with Gasteiger partial charge in [0, 0.05) is 29.1 Å². The average Bonchev–Trinajstić information content (AvgIpc) is 3.38. The quantitative estimate of drug-likeness (QED) is 0.449. The standard InChI is InChI=1S/C24H22N2O3/c1-16-9-17(2)24(22(10-16)20-6-8-28-14-20)29-15-21(27)13-25-12-18-3-4-19-5-7-26-23(19)11-18/h3-12,14,26H,13,15H2,1-2H3. The maximum Gasteiger partial charge on any atom is 0.191 e. The van der Waals surface area contributed by atoms with Crippen LogP contribution in [0, 0.1) is 13.8 Å². The molecule has 0 atom stereocenters. The maximum atomic E-state index is 12.3. The summed E-state index contributed by atoms with van der Waals surface area (Å²) < 4.78 is 11.1. The molecule has 146 valence electrons. The number of aromatic amines is 1. The maximum absolute atomic E-state index is 12.3. The van der Waals surface area contributed by atoms with Crippen molar-refractivity contribution in [3.63, 3.8) is 0 Å². The number of ether oxygens (including phenoxy) is 1. The number of nitrogens with one attached hydrogen (secondary N) is 1. The first-order valence-corrected chi connectivity index (χ1v) is 9.45. The Morgan fingerprint density at radius 1 is 1.17 bits per heavy atom. The van der Waals surface area contributed by atoms with E-state index in [1.54, 1.807) is 18.7 Å². The zero-order valence-corrected chi connectivity index (χ0v) is 16.4. The summed E-state index contributed by atoms with van der Waals surface area (Å²) >= 11 is 0. The van der Waals surface area contributed by atoms with Gasteiger partial charge < -0.3 is 14.1 Å². The number of benzene rings is 2.